The van der Waals surface area contributed by atoms with Gasteiger partial charge in [0.05, 0.1) is 11.7 Å². The molecule has 1 aliphatic carbocycles. The molecule has 0 aromatic carbocycles. The van der Waals surface area contributed by atoms with E-state index in [2.05, 4.69) is 18.9 Å². The van der Waals surface area contributed by atoms with E-state index in [0.29, 0.717) is 6.10 Å². The van der Waals surface area contributed by atoms with Gasteiger partial charge in [0, 0.05) is 19.1 Å². The van der Waals surface area contributed by atoms with Gasteiger partial charge in [-0.15, -0.1) is 0 Å². The maximum Gasteiger partial charge on any atom is 0.0710 e. The molecule has 94 valence electrons. The Kier molecular flexibility index (Phi) is 3.88. The Hall–Kier alpha value is -0.120. The van der Waals surface area contributed by atoms with Crippen molar-refractivity contribution >= 4 is 0 Å². The zero-order valence-electron chi connectivity index (χ0n) is 10.7. The summed E-state index contributed by atoms with van der Waals surface area (Å²) in [6.07, 6.45) is 8.28. The van der Waals surface area contributed by atoms with Gasteiger partial charge >= 0.3 is 0 Å². The molecule has 16 heavy (non-hydrogen) atoms. The van der Waals surface area contributed by atoms with Crippen LogP contribution < -0.4 is 5.73 Å². The molecule has 3 heteroatoms. The average molecular weight is 226 g/mol. The Bertz CT molecular complexity index is 224. The van der Waals surface area contributed by atoms with Crippen molar-refractivity contribution in [2.75, 3.05) is 20.1 Å². The molecule has 3 nitrogen and oxygen atoms in total. The summed E-state index contributed by atoms with van der Waals surface area (Å²) >= 11 is 0. The highest BCUT2D eigenvalue weighted by Gasteiger charge is 2.42. The van der Waals surface area contributed by atoms with Crippen LogP contribution in [0.15, 0.2) is 0 Å². The maximum atomic E-state index is 6.28. The second kappa shape index (κ2) is 5.03. The van der Waals surface area contributed by atoms with E-state index in [9.17, 15) is 0 Å². The van der Waals surface area contributed by atoms with E-state index in [4.69, 9.17) is 10.5 Å². The highest BCUT2D eigenvalue weighted by molar-refractivity contribution is 4.93. The van der Waals surface area contributed by atoms with E-state index in [0.717, 1.165) is 13.1 Å². The molecule has 0 aromatic rings. The molecule has 0 amide bonds. The minimum atomic E-state index is 0.256. The van der Waals surface area contributed by atoms with Crippen molar-refractivity contribution in [1.82, 2.24) is 4.90 Å². The third-order valence-corrected chi connectivity index (χ3v) is 3.97. The molecule has 0 aromatic heterocycles. The summed E-state index contributed by atoms with van der Waals surface area (Å²) < 4.78 is 6.28. The largest absolute Gasteiger partial charge is 0.370 e. The lowest BCUT2D eigenvalue weighted by Crippen LogP contribution is -2.38. The number of nitrogens with two attached hydrogens (primary N) is 1. The fourth-order valence-corrected chi connectivity index (χ4v) is 3.32. The van der Waals surface area contributed by atoms with E-state index in [1.807, 2.05) is 0 Å². The van der Waals surface area contributed by atoms with Crippen LogP contribution in [0.1, 0.15) is 45.4 Å². The second-order valence-electron chi connectivity index (χ2n) is 5.87. The highest BCUT2D eigenvalue weighted by Crippen LogP contribution is 2.43. The zero-order chi connectivity index (χ0) is 11.6. The number of likely N-dealkylation sites (N-methyl/N-ethyl adjacent to an activating group) is 1. The van der Waals surface area contributed by atoms with Crippen molar-refractivity contribution in [3.05, 3.63) is 0 Å². The SMILES string of the molecule is CC(N)CN(C)CC1CCC2(CCCC2)O1. The quantitative estimate of drug-likeness (QED) is 0.794. The Balaban J connectivity index is 1.76. The number of hydrogen-bond acceptors (Lipinski definition) is 3. The Morgan fingerprint density at radius 3 is 2.69 bits per heavy atom. The Morgan fingerprint density at radius 1 is 1.38 bits per heavy atom. The number of rotatable bonds is 4. The molecule has 1 aliphatic heterocycles. The van der Waals surface area contributed by atoms with Gasteiger partial charge in [0.15, 0.2) is 0 Å². The fraction of sp³-hybridized carbons (Fsp3) is 1.00. The Labute approximate surface area is 99.3 Å². The van der Waals surface area contributed by atoms with Crippen molar-refractivity contribution < 1.29 is 4.74 Å². The van der Waals surface area contributed by atoms with Crippen LogP contribution in [-0.4, -0.2) is 42.8 Å². The summed E-state index contributed by atoms with van der Waals surface area (Å²) in [6, 6.07) is 0.256. The molecule has 0 bridgehead atoms. The highest BCUT2D eigenvalue weighted by atomic mass is 16.5. The van der Waals surface area contributed by atoms with Crippen LogP contribution in [-0.2, 0) is 4.74 Å². The van der Waals surface area contributed by atoms with E-state index < -0.39 is 0 Å². The molecule has 0 radical (unpaired) electrons. The third-order valence-electron chi connectivity index (χ3n) is 3.97. The predicted molar refractivity (Wildman–Crippen MR) is 66.5 cm³/mol. The maximum absolute atomic E-state index is 6.28. The lowest BCUT2D eigenvalue weighted by atomic mass is 9.98. The minimum Gasteiger partial charge on any atom is -0.370 e. The lowest BCUT2D eigenvalue weighted by Gasteiger charge is -2.26. The Morgan fingerprint density at radius 2 is 2.06 bits per heavy atom. The second-order valence-corrected chi connectivity index (χ2v) is 5.87. The van der Waals surface area contributed by atoms with Gasteiger partial charge in [-0.3, -0.25) is 0 Å². The van der Waals surface area contributed by atoms with Gasteiger partial charge in [-0.05, 0) is 39.7 Å². The minimum absolute atomic E-state index is 0.256. The molecule has 1 heterocycles. The van der Waals surface area contributed by atoms with Gasteiger partial charge < -0.3 is 15.4 Å². The van der Waals surface area contributed by atoms with Gasteiger partial charge in [-0.25, -0.2) is 0 Å². The summed E-state index contributed by atoms with van der Waals surface area (Å²) in [5.74, 6) is 0. The van der Waals surface area contributed by atoms with Crippen LogP contribution in [0.3, 0.4) is 0 Å². The van der Waals surface area contributed by atoms with Crippen molar-refractivity contribution in [3.8, 4) is 0 Å². The molecule has 2 rings (SSSR count). The first kappa shape index (κ1) is 12.3. The average Bonchev–Trinajstić information content (AvgIpc) is 2.76. The van der Waals surface area contributed by atoms with E-state index >= 15 is 0 Å². The molecule has 2 N–H and O–H groups in total. The topological polar surface area (TPSA) is 38.5 Å². The number of hydrogen-bond donors (Lipinski definition) is 1. The molecule has 1 saturated heterocycles. The van der Waals surface area contributed by atoms with Gasteiger partial charge in [-0.1, -0.05) is 12.8 Å². The zero-order valence-corrected chi connectivity index (χ0v) is 10.7. The van der Waals surface area contributed by atoms with Gasteiger partial charge in [0.25, 0.3) is 0 Å². The van der Waals surface area contributed by atoms with Crippen LogP contribution >= 0.6 is 0 Å². The van der Waals surface area contributed by atoms with Crippen LogP contribution in [0.2, 0.25) is 0 Å². The van der Waals surface area contributed by atoms with Gasteiger partial charge in [0.2, 0.25) is 0 Å². The van der Waals surface area contributed by atoms with Crippen molar-refractivity contribution in [2.24, 2.45) is 5.73 Å². The third kappa shape index (κ3) is 2.96. The normalized spacial score (nSPS) is 30.4. The monoisotopic (exact) mass is 226 g/mol. The first-order chi connectivity index (χ1) is 7.60. The number of nitrogens with zero attached hydrogens (tertiary/aromatic N) is 1. The molecule has 2 fully saturated rings. The fourth-order valence-electron chi connectivity index (χ4n) is 3.32. The number of ether oxygens (including phenoxy) is 1. The summed E-state index contributed by atoms with van der Waals surface area (Å²) in [6.45, 7) is 4.07. The summed E-state index contributed by atoms with van der Waals surface area (Å²) in [5, 5.41) is 0. The van der Waals surface area contributed by atoms with Crippen LogP contribution in [0.5, 0.6) is 0 Å². The molecule has 2 unspecified atom stereocenters. The molecule has 2 aliphatic rings. The van der Waals surface area contributed by atoms with Gasteiger partial charge in [-0.2, -0.15) is 0 Å². The first-order valence-corrected chi connectivity index (χ1v) is 6.72. The van der Waals surface area contributed by atoms with Crippen molar-refractivity contribution in [3.63, 3.8) is 0 Å². The molecule has 1 spiro atoms. The molecule has 2 atom stereocenters. The van der Waals surface area contributed by atoms with Crippen molar-refractivity contribution in [2.45, 2.75) is 63.2 Å². The summed E-state index contributed by atoms with van der Waals surface area (Å²) in [7, 11) is 2.15. The molecular formula is C13H26N2O. The van der Waals surface area contributed by atoms with Crippen molar-refractivity contribution in [1.29, 1.82) is 0 Å². The van der Waals surface area contributed by atoms with Crippen LogP contribution in [0, 0.1) is 0 Å². The van der Waals surface area contributed by atoms with Gasteiger partial charge in [0.1, 0.15) is 0 Å². The van der Waals surface area contributed by atoms with E-state index in [-0.39, 0.29) is 11.6 Å². The standard InChI is InChI=1S/C13H26N2O/c1-11(14)9-15(2)10-12-5-8-13(16-12)6-3-4-7-13/h11-12H,3-10,14H2,1-2H3. The molecular weight excluding hydrogens is 200 g/mol. The summed E-state index contributed by atoms with van der Waals surface area (Å²) in [4.78, 5) is 2.31. The smallest absolute Gasteiger partial charge is 0.0710 e. The molecule has 1 saturated carbocycles. The van der Waals surface area contributed by atoms with Crippen LogP contribution in [0.25, 0.3) is 0 Å². The lowest BCUT2D eigenvalue weighted by molar-refractivity contribution is -0.0452. The van der Waals surface area contributed by atoms with E-state index in [1.54, 1.807) is 0 Å². The first-order valence-electron chi connectivity index (χ1n) is 6.72. The predicted octanol–water partition coefficient (Wildman–Crippen LogP) is 1.76. The summed E-state index contributed by atoms with van der Waals surface area (Å²) in [5.41, 5.74) is 6.08. The van der Waals surface area contributed by atoms with Crippen LogP contribution in [0.4, 0.5) is 0 Å². The van der Waals surface area contributed by atoms with E-state index in [1.165, 1.54) is 38.5 Å².